The third-order valence-electron chi connectivity index (χ3n) is 1.87. The Labute approximate surface area is 107 Å². The quantitative estimate of drug-likeness (QED) is 0.578. The molecule has 0 aliphatic carbocycles. The number of amides is 1. The van der Waals surface area contributed by atoms with Crippen LogP contribution in [0.25, 0.3) is 0 Å². The van der Waals surface area contributed by atoms with E-state index in [0.717, 1.165) is 5.33 Å². The lowest BCUT2D eigenvalue weighted by molar-refractivity contribution is -0.174. The van der Waals surface area contributed by atoms with Crippen molar-refractivity contribution in [2.45, 2.75) is 26.4 Å². The summed E-state index contributed by atoms with van der Waals surface area (Å²) in [7, 11) is 0. The number of hydrogen-bond donors (Lipinski definition) is 1. The SMILES string of the molecule is CC(C)(CBr)CNC(=O)CCOCC(F)(F)F. The fourth-order valence-electron chi connectivity index (χ4n) is 0.826. The van der Waals surface area contributed by atoms with Gasteiger partial charge in [0.25, 0.3) is 0 Å². The summed E-state index contributed by atoms with van der Waals surface area (Å²) in [5.41, 5.74) is -0.0809. The fraction of sp³-hybridized carbons (Fsp3) is 0.900. The largest absolute Gasteiger partial charge is 0.411 e. The fourth-order valence-corrected chi connectivity index (χ4v) is 1.02. The molecule has 17 heavy (non-hydrogen) atoms. The van der Waals surface area contributed by atoms with Crippen LogP contribution in [0.1, 0.15) is 20.3 Å². The number of nitrogens with one attached hydrogen (secondary N) is 1. The van der Waals surface area contributed by atoms with Gasteiger partial charge in [0.2, 0.25) is 5.91 Å². The first-order valence-electron chi connectivity index (χ1n) is 5.13. The van der Waals surface area contributed by atoms with E-state index in [-0.39, 0.29) is 24.3 Å². The van der Waals surface area contributed by atoms with Gasteiger partial charge in [-0.15, -0.1) is 0 Å². The van der Waals surface area contributed by atoms with Crippen LogP contribution >= 0.6 is 15.9 Å². The van der Waals surface area contributed by atoms with E-state index in [1.807, 2.05) is 13.8 Å². The molecule has 0 aromatic heterocycles. The van der Waals surface area contributed by atoms with Crippen molar-refractivity contribution in [3.63, 3.8) is 0 Å². The van der Waals surface area contributed by atoms with E-state index in [4.69, 9.17) is 0 Å². The van der Waals surface area contributed by atoms with Gasteiger partial charge in [0.15, 0.2) is 0 Å². The molecule has 0 fully saturated rings. The summed E-state index contributed by atoms with van der Waals surface area (Å²) in [6.45, 7) is 2.86. The van der Waals surface area contributed by atoms with Gasteiger partial charge < -0.3 is 10.1 Å². The zero-order valence-corrected chi connectivity index (χ0v) is 11.4. The van der Waals surface area contributed by atoms with Crippen molar-refractivity contribution in [1.82, 2.24) is 5.32 Å². The molecule has 0 rings (SSSR count). The van der Waals surface area contributed by atoms with E-state index in [1.165, 1.54) is 0 Å². The topological polar surface area (TPSA) is 38.3 Å². The van der Waals surface area contributed by atoms with Crippen LogP contribution in [0.15, 0.2) is 0 Å². The molecule has 0 saturated carbocycles. The summed E-state index contributed by atoms with van der Waals surface area (Å²) in [4.78, 5) is 11.2. The molecule has 0 aliphatic heterocycles. The Morgan fingerprint density at radius 2 is 1.94 bits per heavy atom. The molecule has 102 valence electrons. The van der Waals surface area contributed by atoms with E-state index >= 15 is 0 Å². The summed E-state index contributed by atoms with van der Waals surface area (Å²) >= 11 is 3.31. The van der Waals surface area contributed by atoms with E-state index in [0.29, 0.717) is 6.54 Å². The third kappa shape index (κ3) is 10.6. The van der Waals surface area contributed by atoms with Gasteiger partial charge in [-0.05, 0) is 5.41 Å². The highest BCUT2D eigenvalue weighted by Crippen LogP contribution is 2.16. The molecule has 0 heterocycles. The standard InChI is InChI=1S/C10H17BrF3NO2/c1-9(2,5-11)6-15-8(16)3-4-17-7-10(12,13)14/h3-7H2,1-2H3,(H,15,16). The van der Waals surface area contributed by atoms with Crippen LogP contribution in [-0.2, 0) is 9.53 Å². The van der Waals surface area contributed by atoms with Gasteiger partial charge in [0.05, 0.1) is 6.61 Å². The maximum Gasteiger partial charge on any atom is 0.411 e. The van der Waals surface area contributed by atoms with Crippen molar-refractivity contribution in [2.75, 3.05) is 25.1 Å². The molecule has 0 saturated heterocycles. The molecule has 7 heteroatoms. The molecule has 0 aromatic rings. The molecular weight excluding hydrogens is 303 g/mol. The van der Waals surface area contributed by atoms with Crippen LogP contribution in [0, 0.1) is 5.41 Å². The molecule has 0 unspecified atom stereocenters. The van der Waals surface area contributed by atoms with Crippen molar-refractivity contribution in [3.05, 3.63) is 0 Å². The number of alkyl halides is 4. The van der Waals surface area contributed by atoms with Gasteiger partial charge in [-0.1, -0.05) is 29.8 Å². The van der Waals surface area contributed by atoms with Crippen LogP contribution in [0.4, 0.5) is 13.2 Å². The first-order chi connectivity index (χ1) is 7.66. The minimum atomic E-state index is -4.34. The van der Waals surface area contributed by atoms with Crippen LogP contribution < -0.4 is 5.32 Å². The van der Waals surface area contributed by atoms with Crippen molar-refractivity contribution < 1.29 is 22.7 Å². The number of rotatable bonds is 7. The van der Waals surface area contributed by atoms with Gasteiger partial charge >= 0.3 is 6.18 Å². The van der Waals surface area contributed by atoms with Gasteiger partial charge in [-0.3, -0.25) is 4.79 Å². The Bertz CT molecular complexity index is 244. The van der Waals surface area contributed by atoms with Crippen LogP contribution in [-0.4, -0.2) is 37.2 Å². The number of halogens is 4. The van der Waals surface area contributed by atoms with Gasteiger partial charge in [-0.2, -0.15) is 13.2 Å². The third-order valence-corrected chi connectivity index (χ3v) is 3.38. The minimum absolute atomic E-state index is 0.0611. The Morgan fingerprint density at radius 3 is 2.41 bits per heavy atom. The van der Waals surface area contributed by atoms with E-state index in [1.54, 1.807) is 0 Å². The number of carbonyl (C=O) groups excluding carboxylic acids is 1. The second-order valence-electron chi connectivity index (χ2n) is 4.49. The Hall–Kier alpha value is -0.300. The molecule has 1 amide bonds. The summed E-state index contributed by atoms with van der Waals surface area (Å²) in [6.07, 6.45) is -4.40. The first-order valence-corrected chi connectivity index (χ1v) is 6.25. The monoisotopic (exact) mass is 319 g/mol. The molecule has 0 aliphatic rings. The van der Waals surface area contributed by atoms with Crippen molar-refractivity contribution >= 4 is 21.8 Å². The van der Waals surface area contributed by atoms with Crippen molar-refractivity contribution in [2.24, 2.45) is 5.41 Å². The van der Waals surface area contributed by atoms with Gasteiger partial charge in [0.1, 0.15) is 6.61 Å². The Kier molecular flexibility index (Phi) is 7.08. The second kappa shape index (κ2) is 7.20. The molecule has 3 nitrogen and oxygen atoms in total. The average Bonchev–Trinajstić information content (AvgIpc) is 2.20. The van der Waals surface area contributed by atoms with E-state index in [9.17, 15) is 18.0 Å². The summed E-state index contributed by atoms with van der Waals surface area (Å²) in [5, 5.41) is 3.37. The molecule has 0 spiro atoms. The second-order valence-corrected chi connectivity index (χ2v) is 5.05. The molecule has 0 aromatic carbocycles. The Balaban J connectivity index is 3.61. The highest BCUT2D eigenvalue weighted by atomic mass is 79.9. The summed E-state index contributed by atoms with van der Waals surface area (Å²) < 4.78 is 39.4. The Morgan fingerprint density at radius 1 is 1.35 bits per heavy atom. The van der Waals surface area contributed by atoms with Crippen LogP contribution in [0.2, 0.25) is 0 Å². The molecule has 0 bridgehead atoms. The lowest BCUT2D eigenvalue weighted by Crippen LogP contribution is -2.35. The van der Waals surface area contributed by atoms with Crippen LogP contribution in [0.3, 0.4) is 0 Å². The van der Waals surface area contributed by atoms with Gasteiger partial charge in [0, 0.05) is 18.3 Å². The first kappa shape index (κ1) is 16.7. The number of carbonyl (C=O) groups is 1. The lowest BCUT2D eigenvalue weighted by Gasteiger charge is -2.21. The lowest BCUT2D eigenvalue weighted by atomic mass is 9.97. The number of ether oxygens (including phenoxy) is 1. The normalized spacial score (nSPS) is 12.6. The number of hydrogen-bond acceptors (Lipinski definition) is 2. The average molecular weight is 320 g/mol. The maximum atomic E-state index is 11.7. The summed E-state index contributed by atoms with van der Waals surface area (Å²) in [5.74, 6) is -0.304. The molecule has 1 N–H and O–H groups in total. The predicted molar refractivity (Wildman–Crippen MR) is 62.1 cm³/mol. The van der Waals surface area contributed by atoms with Crippen molar-refractivity contribution in [1.29, 1.82) is 0 Å². The maximum absolute atomic E-state index is 11.7. The highest BCUT2D eigenvalue weighted by Gasteiger charge is 2.27. The van der Waals surface area contributed by atoms with E-state index in [2.05, 4.69) is 26.0 Å². The minimum Gasteiger partial charge on any atom is -0.372 e. The zero-order valence-electron chi connectivity index (χ0n) is 9.86. The van der Waals surface area contributed by atoms with Gasteiger partial charge in [-0.25, -0.2) is 0 Å². The molecule has 0 atom stereocenters. The van der Waals surface area contributed by atoms with Crippen LogP contribution in [0.5, 0.6) is 0 Å². The smallest absolute Gasteiger partial charge is 0.372 e. The van der Waals surface area contributed by atoms with Crippen molar-refractivity contribution in [3.8, 4) is 0 Å². The summed E-state index contributed by atoms with van der Waals surface area (Å²) in [6, 6.07) is 0. The van der Waals surface area contributed by atoms with E-state index < -0.39 is 12.8 Å². The predicted octanol–water partition coefficient (Wildman–Crippen LogP) is 2.49. The highest BCUT2D eigenvalue weighted by molar-refractivity contribution is 9.09. The zero-order chi connectivity index (χ0) is 13.5. The molecular formula is C10H17BrF3NO2. The molecule has 0 radical (unpaired) electrons.